The molecule has 0 saturated carbocycles. The van der Waals surface area contributed by atoms with Gasteiger partial charge in [-0.05, 0) is 89.1 Å². The van der Waals surface area contributed by atoms with E-state index in [0.717, 1.165) is 73.7 Å². The third-order valence-electron chi connectivity index (χ3n) is 7.41. The summed E-state index contributed by atoms with van der Waals surface area (Å²) in [5.74, 6) is 0.592. The molecule has 0 N–H and O–H groups in total. The largest absolute Gasteiger partial charge is 0.416 e. The molecular formula is C31H31F4N. The van der Waals surface area contributed by atoms with E-state index in [1.54, 1.807) is 6.07 Å². The van der Waals surface area contributed by atoms with Gasteiger partial charge >= 0.3 is 6.18 Å². The van der Waals surface area contributed by atoms with Crippen LogP contribution in [0.1, 0.15) is 52.6 Å². The molecule has 0 amide bonds. The highest BCUT2D eigenvalue weighted by atomic mass is 19.4. The van der Waals surface area contributed by atoms with Crippen LogP contribution in [-0.4, -0.2) is 31.2 Å². The molecule has 5 rings (SSSR count). The van der Waals surface area contributed by atoms with Crippen LogP contribution in [0.25, 0.3) is 11.1 Å². The van der Waals surface area contributed by atoms with Crippen molar-refractivity contribution in [1.82, 2.24) is 4.90 Å². The maximum atomic E-state index is 13.5. The van der Waals surface area contributed by atoms with E-state index in [9.17, 15) is 17.6 Å². The Bertz CT molecular complexity index is 1220. The number of fused-ring (bicyclic) bond motifs is 1. The summed E-state index contributed by atoms with van der Waals surface area (Å²) >= 11 is 0. The topological polar surface area (TPSA) is 3.24 Å². The van der Waals surface area contributed by atoms with Gasteiger partial charge in [-0.2, -0.15) is 13.2 Å². The highest BCUT2D eigenvalue weighted by Gasteiger charge is 2.31. The lowest BCUT2D eigenvalue weighted by Crippen LogP contribution is -2.47. The number of halogens is 4. The van der Waals surface area contributed by atoms with Crippen molar-refractivity contribution >= 4 is 11.1 Å². The van der Waals surface area contributed by atoms with Crippen molar-refractivity contribution in [2.75, 3.05) is 26.3 Å². The van der Waals surface area contributed by atoms with Crippen LogP contribution >= 0.6 is 0 Å². The summed E-state index contributed by atoms with van der Waals surface area (Å²) in [6.45, 7) is 2.60. The molecule has 1 nitrogen and oxygen atoms in total. The number of hydrogen-bond donors (Lipinski definition) is 0. The van der Waals surface area contributed by atoms with Crippen molar-refractivity contribution in [3.63, 3.8) is 0 Å². The average molecular weight is 494 g/mol. The number of alkyl halides is 4. The number of nitrogens with zero attached hydrogens (tertiary/aromatic N) is 1. The molecule has 36 heavy (non-hydrogen) atoms. The van der Waals surface area contributed by atoms with Gasteiger partial charge in [0.2, 0.25) is 0 Å². The third-order valence-corrected chi connectivity index (χ3v) is 7.41. The number of allylic oxidation sites excluding steroid dienone is 1. The minimum Gasteiger partial charge on any atom is -0.303 e. The molecule has 1 aliphatic heterocycles. The zero-order valence-electron chi connectivity index (χ0n) is 20.3. The van der Waals surface area contributed by atoms with Crippen molar-refractivity contribution in [2.24, 2.45) is 5.92 Å². The Morgan fingerprint density at radius 2 is 1.61 bits per heavy atom. The van der Waals surface area contributed by atoms with Crippen LogP contribution < -0.4 is 0 Å². The van der Waals surface area contributed by atoms with E-state index in [-0.39, 0.29) is 6.67 Å². The molecule has 2 aliphatic rings. The Kier molecular flexibility index (Phi) is 7.29. The average Bonchev–Trinajstić information content (AvgIpc) is 3.05. The molecule has 0 radical (unpaired) electrons. The van der Waals surface area contributed by atoms with Crippen LogP contribution in [0.5, 0.6) is 0 Å². The fraction of sp³-hybridized carbons (Fsp3) is 0.355. The molecule has 188 valence electrons. The Hall–Kier alpha value is -2.92. The monoisotopic (exact) mass is 493 g/mol. The summed E-state index contributed by atoms with van der Waals surface area (Å²) in [4.78, 5) is 2.30. The molecule has 0 aromatic heterocycles. The van der Waals surface area contributed by atoms with Crippen LogP contribution in [-0.2, 0) is 19.0 Å². The molecule has 0 spiro atoms. The van der Waals surface area contributed by atoms with E-state index in [2.05, 4.69) is 41.3 Å². The summed E-state index contributed by atoms with van der Waals surface area (Å²) in [5, 5.41) is 0. The van der Waals surface area contributed by atoms with Gasteiger partial charge in [0.25, 0.3) is 0 Å². The van der Waals surface area contributed by atoms with E-state index in [4.69, 9.17) is 0 Å². The van der Waals surface area contributed by atoms with Gasteiger partial charge in [0, 0.05) is 19.6 Å². The smallest absolute Gasteiger partial charge is 0.303 e. The van der Waals surface area contributed by atoms with Crippen LogP contribution in [0.2, 0.25) is 0 Å². The Balaban J connectivity index is 1.48. The Labute approximate surface area is 210 Å². The fourth-order valence-electron chi connectivity index (χ4n) is 5.64. The highest BCUT2D eigenvalue weighted by molar-refractivity contribution is 5.99. The predicted molar refractivity (Wildman–Crippen MR) is 137 cm³/mol. The molecule has 1 heterocycles. The number of hydrogen-bond acceptors (Lipinski definition) is 1. The summed E-state index contributed by atoms with van der Waals surface area (Å²) in [6, 6.07) is 22.6. The normalized spacial score (nSPS) is 17.0. The van der Waals surface area contributed by atoms with Gasteiger partial charge in [0.15, 0.2) is 0 Å². The van der Waals surface area contributed by atoms with E-state index in [0.29, 0.717) is 17.9 Å². The van der Waals surface area contributed by atoms with Crippen molar-refractivity contribution in [2.45, 2.75) is 38.3 Å². The van der Waals surface area contributed by atoms with Gasteiger partial charge in [-0.3, -0.25) is 4.39 Å². The molecule has 1 aliphatic carbocycles. The van der Waals surface area contributed by atoms with Crippen molar-refractivity contribution in [3.8, 4) is 0 Å². The minimum atomic E-state index is -4.37. The van der Waals surface area contributed by atoms with E-state index in [1.165, 1.54) is 23.3 Å². The number of benzene rings is 3. The SMILES string of the molecule is FCCCN1CC(Cc2ccc(C3=C(c4cccc(C(F)(F)F)c4)CCCc4ccccc43)cc2)C1. The lowest BCUT2D eigenvalue weighted by molar-refractivity contribution is -0.137. The first-order valence-electron chi connectivity index (χ1n) is 12.8. The second-order valence-electron chi connectivity index (χ2n) is 10.0. The lowest BCUT2D eigenvalue weighted by atomic mass is 9.86. The quantitative estimate of drug-likeness (QED) is 0.303. The number of aryl methyl sites for hydroxylation is 1. The maximum Gasteiger partial charge on any atom is 0.416 e. The van der Waals surface area contributed by atoms with Crippen LogP contribution in [0.4, 0.5) is 17.6 Å². The Morgan fingerprint density at radius 3 is 2.36 bits per heavy atom. The van der Waals surface area contributed by atoms with Gasteiger partial charge in [-0.15, -0.1) is 0 Å². The van der Waals surface area contributed by atoms with Gasteiger partial charge in [-0.25, -0.2) is 0 Å². The summed E-state index contributed by atoms with van der Waals surface area (Å²) in [5.41, 5.74) is 6.69. The van der Waals surface area contributed by atoms with Crippen molar-refractivity contribution < 1.29 is 17.6 Å². The first kappa shape index (κ1) is 24.8. The second kappa shape index (κ2) is 10.6. The Morgan fingerprint density at radius 1 is 0.833 bits per heavy atom. The molecular weight excluding hydrogens is 462 g/mol. The zero-order chi connectivity index (χ0) is 25.1. The fourth-order valence-corrected chi connectivity index (χ4v) is 5.64. The van der Waals surface area contributed by atoms with Gasteiger partial charge in [0.05, 0.1) is 12.2 Å². The first-order chi connectivity index (χ1) is 17.4. The molecule has 0 bridgehead atoms. The van der Waals surface area contributed by atoms with Crippen molar-refractivity contribution in [3.05, 3.63) is 106 Å². The van der Waals surface area contributed by atoms with E-state index in [1.807, 2.05) is 12.1 Å². The summed E-state index contributed by atoms with van der Waals surface area (Å²) < 4.78 is 52.9. The molecule has 1 saturated heterocycles. The maximum absolute atomic E-state index is 13.5. The molecule has 1 fully saturated rings. The standard InChI is InChI=1S/C31H31F4N/c32-16-5-17-36-20-23(21-36)18-22-12-14-25(15-13-22)30-28-10-2-1-6-24(28)7-4-11-29(30)26-8-3-9-27(19-26)31(33,34)35/h1-3,6,8-10,12-15,19,23H,4-5,7,11,16-18,20-21H2. The van der Waals surface area contributed by atoms with Crippen LogP contribution in [0, 0.1) is 5.92 Å². The summed E-state index contributed by atoms with van der Waals surface area (Å²) in [6.07, 6.45) is -0.256. The van der Waals surface area contributed by atoms with Crippen LogP contribution in [0.15, 0.2) is 72.8 Å². The van der Waals surface area contributed by atoms with Gasteiger partial charge in [-0.1, -0.05) is 60.7 Å². The summed E-state index contributed by atoms with van der Waals surface area (Å²) in [7, 11) is 0. The molecule has 3 aromatic rings. The van der Waals surface area contributed by atoms with Crippen molar-refractivity contribution in [1.29, 1.82) is 0 Å². The molecule has 0 unspecified atom stereocenters. The molecule has 3 aromatic carbocycles. The van der Waals surface area contributed by atoms with E-state index < -0.39 is 11.7 Å². The molecule has 0 atom stereocenters. The zero-order valence-corrected chi connectivity index (χ0v) is 20.3. The van der Waals surface area contributed by atoms with Gasteiger partial charge in [0.1, 0.15) is 0 Å². The third kappa shape index (κ3) is 5.41. The minimum absolute atomic E-state index is 0.260. The molecule has 5 heteroatoms. The number of likely N-dealkylation sites (tertiary alicyclic amines) is 1. The van der Waals surface area contributed by atoms with E-state index >= 15 is 0 Å². The predicted octanol–water partition coefficient (Wildman–Crippen LogP) is 7.83. The van der Waals surface area contributed by atoms with Gasteiger partial charge < -0.3 is 4.90 Å². The lowest BCUT2D eigenvalue weighted by Gasteiger charge is -2.39. The highest BCUT2D eigenvalue weighted by Crippen LogP contribution is 2.41. The number of rotatable bonds is 7. The second-order valence-corrected chi connectivity index (χ2v) is 10.0. The first-order valence-corrected chi connectivity index (χ1v) is 12.8. The van der Waals surface area contributed by atoms with Crippen LogP contribution in [0.3, 0.4) is 0 Å².